The summed E-state index contributed by atoms with van der Waals surface area (Å²) in [7, 11) is 0. The van der Waals surface area contributed by atoms with Gasteiger partial charge in [0.15, 0.2) is 18.1 Å². The van der Waals surface area contributed by atoms with Crippen LogP contribution in [0.3, 0.4) is 0 Å². The molecule has 1 N–H and O–H groups in total. The van der Waals surface area contributed by atoms with Crippen molar-refractivity contribution in [1.29, 1.82) is 0 Å². The van der Waals surface area contributed by atoms with Gasteiger partial charge in [0.05, 0.1) is 6.61 Å². The molecule has 154 valence electrons. The smallest absolute Gasteiger partial charge is 0.260 e. The van der Waals surface area contributed by atoms with Gasteiger partial charge < -0.3 is 19.7 Å². The molecule has 7 heteroatoms. The third kappa shape index (κ3) is 5.70. The highest BCUT2D eigenvalue weighted by Gasteiger charge is 2.27. The predicted molar refractivity (Wildman–Crippen MR) is 110 cm³/mol. The molecule has 1 saturated heterocycles. The summed E-state index contributed by atoms with van der Waals surface area (Å²) in [6, 6.07) is 11.0. The minimum Gasteiger partial charge on any atom is -0.490 e. The van der Waals surface area contributed by atoms with Crippen molar-refractivity contribution in [2.75, 3.05) is 31.6 Å². The highest BCUT2D eigenvalue weighted by Crippen LogP contribution is 2.26. The number of carbonyl (C=O) groups excluding carboxylic acids is 2. The van der Waals surface area contributed by atoms with E-state index < -0.39 is 0 Å². The van der Waals surface area contributed by atoms with Gasteiger partial charge in [-0.3, -0.25) is 9.59 Å². The topological polar surface area (TPSA) is 80.8 Å². The van der Waals surface area contributed by atoms with Gasteiger partial charge >= 0.3 is 0 Å². The quantitative estimate of drug-likeness (QED) is 0.777. The maximum Gasteiger partial charge on any atom is 0.260 e. The fraction of sp³-hybridized carbons (Fsp3) is 0.409. The summed E-state index contributed by atoms with van der Waals surface area (Å²) in [6.07, 6.45) is 2.97. The Balaban J connectivity index is 1.45. The van der Waals surface area contributed by atoms with Crippen molar-refractivity contribution in [2.24, 2.45) is 5.92 Å². The molecule has 0 saturated carbocycles. The van der Waals surface area contributed by atoms with E-state index in [9.17, 15) is 9.59 Å². The summed E-state index contributed by atoms with van der Waals surface area (Å²) < 4.78 is 11.2. The maximum atomic E-state index is 12.5. The molecule has 3 rings (SSSR count). The van der Waals surface area contributed by atoms with E-state index in [-0.39, 0.29) is 24.3 Å². The number of hydrogen-bond acceptors (Lipinski definition) is 5. The number of pyridine rings is 1. The Morgan fingerprint density at radius 1 is 1.10 bits per heavy atom. The third-order valence-electron chi connectivity index (χ3n) is 4.88. The number of rotatable bonds is 7. The lowest BCUT2D eigenvalue weighted by atomic mass is 9.96. The zero-order valence-electron chi connectivity index (χ0n) is 16.9. The van der Waals surface area contributed by atoms with Crippen LogP contribution in [0.5, 0.6) is 11.5 Å². The van der Waals surface area contributed by atoms with Crippen LogP contribution in [0, 0.1) is 12.8 Å². The van der Waals surface area contributed by atoms with Crippen molar-refractivity contribution in [2.45, 2.75) is 26.7 Å². The third-order valence-corrected chi connectivity index (χ3v) is 4.88. The summed E-state index contributed by atoms with van der Waals surface area (Å²) in [5.41, 5.74) is 1.04. The summed E-state index contributed by atoms with van der Waals surface area (Å²) in [5.74, 6) is 1.48. The number of carbonyl (C=O) groups is 2. The maximum absolute atomic E-state index is 12.5. The van der Waals surface area contributed by atoms with Gasteiger partial charge in [0.25, 0.3) is 5.91 Å². The number of nitrogens with zero attached hydrogens (tertiary/aromatic N) is 2. The van der Waals surface area contributed by atoms with Gasteiger partial charge in [0, 0.05) is 25.2 Å². The molecule has 29 heavy (non-hydrogen) atoms. The highest BCUT2D eigenvalue weighted by atomic mass is 16.5. The largest absolute Gasteiger partial charge is 0.490 e. The van der Waals surface area contributed by atoms with Crippen molar-refractivity contribution in [3.63, 3.8) is 0 Å². The lowest BCUT2D eigenvalue weighted by Crippen LogP contribution is -2.43. The van der Waals surface area contributed by atoms with Crippen LogP contribution in [0.4, 0.5) is 5.82 Å². The van der Waals surface area contributed by atoms with Crippen LogP contribution in [0.25, 0.3) is 0 Å². The van der Waals surface area contributed by atoms with Gasteiger partial charge in [-0.2, -0.15) is 0 Å². The average molecular weight is 397 g/mol. The molecule has 1 aromatic heterocycles. The van der Waals surface area contributed by atoms with E-state index in [0.29, 0.717) is 49.9 Å². The fourth-order valence-electron chi connectivity index (χ4n) is 3.24. The number of anilines is 1. The molecule has 0 radical (unpaired) electrons. The van der Waals surface area contributed by atoms with Crippen molar-refractivity contribution in [1.82, 2.24) is 9.88 Å². The highest BCUT2D eigenvalue weighted by molar-refractivity contribution is 5.91. The molecular formula is C22H27N3O4. The number of likely N-dealkylation sites (tertiary alicyclic amines) is 1. The molecule has 2 amide bonds. The predicted octanol–water partition coefficient (Wildman–Crippen LogP) is 3.04. The molecular weight excluding hydrogens is 370 g/mol. The number of aromatic nitrogens is 1. The first kappa shape index (κ1) is 20.6. The van der Waals surface area contributed by atoms with Crippen molar-refractivity contribution >= 4 is 17.6 Å². The minimum atomic E-state index is -0.123. The first-order chi connectivity index (χ1) is 14.1. The zero-order chi connectivity index (χ0) is 20.6. The van der Waals surface area contributed by atoms with Gasteiger partial charge in [-0.25, -0.2) is 4.98 Å². The Morgan fingerprint density at radius 3 is 2.41 bits per heavy atom. The molecule has 1 aliphatic heterocycles. The van der Waals surface area contributed by atoms with Gasteiger partial charge in [0.2, 0.25) is 5.91 Å². The molecule has 7 nitrogen and oxygen atoms in total. The van der Waals surface area contributed by atoms with Gasteiger partial charge in [-0.1, -0.05) is 18.2 Å². The molecule has 0 aliphatic carbocycles. The summed E-state index contributed by atoms with van der Waals surface area (Å²) in [5, 5.41) is 2.86. The lowest BCUT2D eigenvalue weighted by Gasteiger charge is -2.31. The molecule has 0 spiro atoms. The SMILES string of the molecule is CCOc1ccccc1OCC(=O)N1CCC(C(=O)Nc2ccc(C)cn2)CC1. The summed E-state index contributed by atoms with van der Waals surface area (Å²) in [6.45, 7) is 5.40. The number of benzene rings is 1. The van der Waals surface area contributed by atoms with Crippen molar-refractivity contribution in [3.8, 4) is 11.5 Å². The molecule has 1 aromatic carbocycles. The first-order valence-corrected chi connectivity index (χ1v) is 9.92. The van der Waals surface area contributed by atoms with Crippen LogP contribution in [-0.2, 0) is 9.59 Å². The average Bonchev–Trinajstić information content (AvgIpc) is 2.75. The van der Waals surface area contributed by atoms with Crippen LogP contribution in [-0.4, -0.2) is 48.0 Å². The van der Waals surface area contributed by atoms with Crippen LogP contribution in [0.2, 0.25) is 0 Å². The second-order valence-electron chi connectivity index (χ2n) is 7.03. The first-order valence-electron chi connectivity index (χ1n) is 9.92. The molecule has 0 bridgehead atoms. The van der Waals surface area contributed by atoms with Crippen LogP contribution >= 0.6 is 0 Å². The number of hydrogen-bond donors (Lipinski definition) is 1. The molecule has 2 heterocycles. The van der Waals surface area contributed by atoms with E-state index in [0.717, 1.165) is 5.56 Å². The normalized spacial score (nSPS) is 14.3. The monoisotopic (exact) mass is 397 g/mol. The molecule has 0 unspecified atom stereocenters. The number of aryl methyl sites for hydroxylation is 1. The Morgan fingerprint density at radius 2 is 1.79 bits per heavy atom. The minimum absolute atomic E-state index is 0.0460. The molecule has 0 atom stereocenters. The van der Waals surface area contributed by atoms with Crippen LogP contribution in [0.1, 0.15) is 25.3 Å². The van der Waals surface area contributed by atoms with Crippen LogP contribution < -0.4 is 14.8 Å². The second-order valence-corrected chi connectivity index (χ2v) is 7.03. The summed E-state index contributed by atoms with van der Waals surface area (Å²) >= 11 is 0. The van der Waals surface area contributed by atoms with Gasteiger partial charge in [-0.15, -0.1) is 0 Å². The Labute approximate surface area is 171 Å². The number of ether oxygens (including phenoxy) is 2. The van der Waals surface area contributed by atoms with Crippen LogP contribution in [0.15, 0.2) is 42.6 Å². The van der Waals surface area contributed by atoms with Gasteiger partial charge in [0.1, 0.15) is 5.82 Å². The standard InChI is InChI=1S/C22H27N3O4/c1-3-28-18-6-4-5-7-19(18)29-15-21(26)25-12-10-17(11-13-25)22(27)24-20-9-8-16(2)14-23-20/h4-9,14,17H,3,10-13,15H2,1-2H3,(H,23,24,27). The van der Waals surface area contributed by atoms with E-state index in [1.807, 2.05) is 38.1 Å². The number of amides is 2. The van der Waals surface area contributed by atoms with E-state index in [1.54, 1.807) is 23.2 Å². The van der Waals surface area contributed by atoms with E-state index in [4.69, 9.17) is 9.47 Å². The van der Waals surface area contributed by atoms with E-state index in [2.05, 4.69) is 10.3 Å². The van der Waals surface area contributed by atoms with Crippen molar-refractivity contribution in [3.05, 3.63) is 48.2 Å². The van der Waals surface area contributed by atoms with Gasteiger partial charge in [-0.05, 0) is 50.5 Å². The van der Waals surface area contributed by atoms with E-state index in [1.165, 1.54) is 0 Å². The van der Waals surface area contributed by atoms with E-state index >= 15 is 0 Å². The Kier molecular flexibility index (Phi) is 7.05. The zero-order valence-corrected chi connectivity index (χ0v) is 16.9. The number of para-hydroxylation sites is 2. The Hall–Kier alpha value is -3.09. The fourth-order valence-corrected chi connectivity index (χ4v) is 3.24. The van der Waals surface area contributed by atoms with Crippen molar-refractivity contribution < 1.29 is 19.1 Å². The lowest BCUT2D eigenvalue weighted by molar-refractivity contribution is -0.136. The molecule has 2 aromatic rings. The summed E-state index contributed by atoms with van der Waals surface area (Å²) in [4.78, 5) is 30.9. The number of piperidine rings is 1. The Bertz CT molecular complexity index is 830. The second kappa shape index (κ2) is 9.91. The number of nitrogens with one attached hydrogen (secondary N) is 1. The molecule has 1 aliphatic rings. The molecule has 1 fully saturated rings.